The molecule has 0 aliphatic carbocycles. The lowest BCUT2D eigenvalue weighted by Crippen LogP contribution is -2.49. The van der Waals surface area contributed by atoms with Crippen LogP contribution in [0.3, 0.4) is 0 Å². The van der Waals surface area contributed by atoms with Crippen molar-refractivity contribution in [1.82, 2.24) is 0 Å². The lowest BCUT2D eigenvalue weighted by molar-refractivity contribution is 0.309. The van der Waals surface area contributed by atoms with Crippen molar-refractivity contribution in [1.29, 1.82) is 0 Å². The van der Waals surface area contributed by atoms with Crippen molar-refractivity contribution < 1.29 is 0 Å². The van der Waals surface area contributed by atoms with E-state index in [2.05, 4.69) is 46.8 Å². The topological polar surface area (TPSA) is 3.24 Å². The summed E-state index contributed by atoms with van der Waals surface area (Å²) >= 11 is 9.78. The molecule has 0 bridgehead atoms. The number of anilines is 1. The zero-order valence-electron chi connectivity index (χ0n) is 9.93. The summed E-state index contributed by atoms with van der Waals surface area (Å²) in [6, 6.07) is 4.16. The molecule has 0 unspecified atom stereocenters. The summed E-state index contributed by atoms with van der Waals surface area (Å²) in [7, 11) is 0. The Hall–Kier alpha value is -0.210. The maximum Gasteiger partial charge on any atom is 0.0525 e. The molecule has 1 fully saturated rings. The summed E-state index contributed by atoms with van der Waals surface area (Å²) in [5.74, 6) is 1.60. The molecule has 0 radical (unpaired) electrons. The predicted octanol–water partition coefficient (Wildman–Crippen LogP) is 4.50. The van der Waals surface area contributed by atoms with E-state index in [1.165, 1.54) is 5.69 Å². The fourth-order valence-electron chi connectivity index (χ4n) is 2.01. The largest absolute Gasteiger partial charge is 0.370 e. The number of hydrogen-bond donors (Lipinski definition) is 0. The predicted molar refractivity (Wildman–Crippen MR) is 74.4 cm³/mol. The molecule has 1 heterocycles. The molecular weight excluding hydrogens is 286 g/mol. The molecule has 1 aliphatic rings. The van der Waals surface area contributed by atoms with Gasteiger partial charge in [0.2, 0.25) is 0 Å². The van der Waals surface area contributed by atoms with Crippen LogP contribution in [0.4, 0.5) is 5.69 Å². The number of nitrogens with zero attached hydrogens (tertiary/aromatic N) is 1. The molecule has 0 amide bonds. The first-order valence-corrected chi connectivity index (χ1v) is 6.86. The smallest absolute Gasteiger partial charge is 0.0525 e. The van der Waals surface area contributed by atoms with Gasteiger partial charge < -0.3 is 4.90 Å². The van der Waals surface area contributed by atoms with Gasteiger partial charge in [-0.05, 0) is 52.4 Å². The Morgan fingerprint density at radius 2 is 2.00 bits per heavy atom. The van der Waals surface area contributed by atoms with Crippen LogP contribution in [0.5, 0.6) is 0 Å². The lowest BCUT2D eigenvalue weighted by atomic mass is 9.88. The molecule has 1 nitrogen and oxygen atoms in total. The molecule has 0 spiro atoms. The average Bonchev–Trinajstić information content (AvgIpc) is 2.10. The van der Waals surface area contributed by atoms with Crippen LogP contribution in [-0.2, 0) is 0 Å². The van der Waals surface area contributed by atoms with Crippen molar-refractivity contribution in [3.05, 3.63) is 27.2 Å². The van der Waals surface area contributed by atoms with Crippen LogP contribution in [0.15, 0.2) is 16.6 Å². The van der Waals surface area contributed by atoms with E-state index in [9.17, 15) is 0 Å². The van der Waals surface area contributed by atoms with Gasteiger partial charge in [-0.15, -0.1) is 0 Å². The first-order valence-electron chi connectivity index (χ1n) is 5.69. The highest BCUT2D eigenvalue weighted by atomic mass is 79.9. The molecular formula is C13H17BrClN. The van der Waals surface area contributed by atoms with Crippen molar-refractivity contribution in [2.75, 3.05) is 18.0 Å². The van der Waals surface area contributed by atoms with Crippen LogP contribution in [0, 0.1) is 18.8 Å². The van der Waals surface area contributed by atoms with E-state index in [1.807, 2.05) is 6.92 Å². The van der Waals surface area contributed by atoms with Crippen molar-refractivity contribution in [2.24, 2.45) is 11.8 Å². The average molecular weight is 303 g/mol. The summed E-state index contributed by atoms with van der Waals surface area (Å²) < 4.78 is 1.15. The summed E-state index contributed by atoms with van der Waals surface area (Å²) in [5, 5.41) is 0.853. The SMILES string of the molecule is Cc1cc(Br)c(N2CC(C(C)C)C2)cc1Cl. The van der Waals surface area contributed by atoms with E-state index in [1.54, 1.807) is 0 Å². The van der Waals surface area contributed by atoms with Gasteiger partial charge in [0.25, 0.3) is 0 Å². The van der Waals surface area contributed by atoms with Gasteiger partial charge in [0.1, 0.15) is 0 Å². The lowest BCUT2D eigenvalue weighted by Gasteiger charge is -2.43. The molecule has 1 aliphatic heterocycles. The van der Waals surface area contributed by atoms with Gasteiger partial charge in [0.15, 0.2) is 0 Å². The Kier molecular flexibility index (Phi) is 3.50. The van der Waals surface area contributed by atoms with Crippen LogP contribution in [0.1, 0.15) is 19.4 Å². The maximum atomic E-state index is 6.16. The highest BCUT2D eigenvalue weighted by molar-refractivity contribution is 9.10. The fourth-order valence-corrected chi connectivity index (χ4v) is 2.88. The first kappa shape index (κ1) is 12.3. The molecule has 88 valence electrons. The van der Waals surface area contributed by atoms with E-state index in [-0.39, 0.29) is 0 Å². The molecule has 16 heavy (non-hydrogen) atoms. The summed E-state index contributed by atoms with van der Waals surface area (Å²) in [4.78, 5) is 2.39. The van der Waals surface area contributed by atoms with Crippen LogP contribution in [0.25, 0.3) is 0 Å². The van der Waals surface area contributed by atoms with E-state index in [0.717, 1.165) is 40.0 Å². The standard InChI is InChI=1S/C13H17BrClN/c1-8(2)10-6-16(7-10)13-5-12(15)9(3)4-11(13)14/h4-5,8,10H,6-7H2,1-3H3. The molecule has 2 rings (SSSR count). The van der Waals surface area contributed by atoms with Gasteiger partial charge >= 0.3 is 0 Å². The monoisotopic (exact) mass is 301 g/mol. The third-order valence-electron chi connectivity index (χ3n) is 3.42. The van der Waals surface area contributed by atoms with Crippen molar-refractivity contribution in [3.8, 4) is 0 Å². The third-order valence-corrected chi connectivity index (χ3v) is 4.46. The summed E-state index contributed by atoms with van der Waals surface area (Å²) in [6.07, 6.45) is 0. The minimum atomic E-state index is 0.774. The normalized spacial score (nSPS) is 16.8. The van der Waals surface area contributed by atoms with Gasteiger partial charge in [0, 0.05) is 22.6 Å². The molecule has 3 heteroatoms. The van der Waals surface area contributed by atoms with E-state index < -0.39 is 0 Å². The highest BCUT2D eigenvalue weighted by Crippen LogP contribution is 2.37. The van der Waals surface area contributed by atoms with Crippen molar-refractivity contribution in [3.63, 3.8) is 0 Å². The third kappa shape index (κ3) is 2.23. The zero-order chi connectivity index (χ0) is 11.9. The zero-order valence-corrected chi connectivity index (χ0v) is 12.3. The second kappa shape index (κ2) is 4.58. The number of rotatable bonds is 2. The van der Waals surface area contributed by atoms with Gasteiger partial charge in [0.05, 0.1) is 5.69 Å². The Morgan fingerprint density at radius 3 is 2.56 bits per heavy atom. The number of aryl methyl sites for hydroxylation is 1. The Labute approximate surface area is 111 Å². The van der Waals surface area contributed by atoms with Crippen LogP contribution < -0.4 is 4.90 Å². The molecule has 0 N–H and O–H groups in total. The van der Waals surface area contributed by atoms with Crippen molar-refractivity contribution >= 4 is 33.2 Å². The molecule has 0 aromatic heterocycles. The van der Waals surface area contributed by atoms with Gasteiger partial charge in [-0.3, -0.25) is 0 Å². The molecule has 0 saturated carbocycles. The van der Waals surface area contributed by atoms with Crippen LogP contribution >= 0.6 is 27.5 Å². The minimum absolute atomic E-state index is 0.774. The van der Waals surface area contributed by atoms with Crippen molar-refractivity contribution in [2.45, 2.75) is 20.8 Å². The number of halogens is 2. The Balaban J connectivity index is 2.15. The number of benzene rings is 1. The fraction of sp³-hybridized carbons (Fsp3) is 0.538. The second-order valence-corrected chi connectivity index (χ2v) is 6.22. The van der Waals surface area contributed by atoms with E-state index >= 15 is 0 Å². The molecule has 1 saturated heterocycles. The minimum Gasteiger partial charge on any atom is -0.370 e. The van der Waals surface area contributed by atoms with Gasteiger partial charge in [-0.1, -0.05) is 25.4 Å². The second-order valence-electron chi connectivity index (χ2n) is 4.96. The first-order chi connectivity index (χ1) is 7.49. The maximum absolute atomic E-state index is 6.16. The highest BCUT2D eigenvalue weighted by Gasteiger charge is 2.30. The summed E-state index contributed by atoms with van der Waals surface area (Å²) in [5.41, 5.74) is 2.35. The van der Waals surface area contributed by atoms with E-state index in [4.69, 9.17) is 11.6 Å². The Morgan fingerprint density at radius 1 is 1.38 bits per heavy atom. The van der Waals surface area contributed by atoms with Crippen LogP contribution in [-0.4, -0.2) is 13.1 Å². The van der Waals surface area contributed by atoms with Gasteiger partial charge in [-0.2, -0.15) is 0 Å². The van der Waals surface area contributed by atoms with Crippen LogP contribution in [0.2, 0.25) is 5.02 Å². The quantitative estimate of drug-likeness (QED) is 0.777. The number of hydrogen-bond acceptors (Lipinski definition) is 1. The molecule has 1 aromatic carbocycles. The van der Waals surface area contributed by atoms with Gasteiger partial charge in [-0.25, -0.2) is 0 Å². The Bertz CT molecular complexity index is 397. The molecule has 0 atom stereocenters. The van der Waals surface area contributed by atoms with E-state index in [0.29, 0.717) is 0 Å². The summed E-state index contributed by atoms with van der Waals surface area (Å²) in [6.45, 7) is 8.91. The molecule has 1 aromatic rings.